The number of rotatable bonds is 1. The molecule has 2 unspecified atom stereocenters. The van der Waals surface area contributed by atoms with Gasteiger partial charge in [0.05, 0.1) is 6.33 Å². The summed E-state index contributed by atoms with van der Waals surface area (Å²) >= 11 is 0. The summed E-state index contributed by atoms with van der Waals surface area (Å²) in [5, 5.41) is 2.90. The Morgan fingerprint density at radius 2 is 2.46 bits per heavy atom. The maximum absolute atomic E-state index is 11.1. The second kappa shape index (κ2) is 2.87. The van der Waals surface area contributed by atoms with E-state index < -0.39 is 0 Å². The molecule has 0 bridgehead atoms. The lowest BCUT2D eigenvalue weighted by atomic mass is 9.98. The topological polar surface area (TPSA) is 46.9 Å². The zero-order valence-electron chi connectivity index (χ0n) is 7.82. The Kier molecular flexibility index (Phi) is 1.83. The minimum Gasteiger partial charge on any atom is -0.353 e. The van der Waals surface area contributed by atoms with Crippen molar-refractivity contribution in [1.82, 2.24) is 14.9 Å². The fourth-order valence-corrected chi connectivity index (χ4v) is 1.88. The van der Waals surface area contributed by atoms with E-state index in [1.54, 1.807) is 6.33 Å². The normalized spacial score (nSPS) is 27.7. The van der Waals surface area contributed by atoms with Gasteiger partial charge in [-0.1, -0.05) is 0 Å². The number of carbonyl (C=O) groups excluding carboxylic acids is 1. The van der Waals surface area contributed by atoms with Crippen molar-refractivity contribution in [1.29, 1.82) is 0 Å². The van der Waals surface area contributed by atoms with E-state index in [-0.39, 0.29) is 17.9 Å². The first-order valence-electron chi connectivity index (χ1n) is 4.44. The van der Waals surface area contributed by atoms with Crippen LogP contribution in [0.4, 0.5) is 0 Å². The van der Waals surface area contributed by atoms with Gasteiger partial charge in [-0.25, -0.2) is 4.98 Å². The summed E-state index contributed by atoms with van der Waals surface area (Å²) in [5.74, 6) is 0.415. The molecule has 70 valence electrons. The minimum absolute atomic E-state index is 0.138. The van der Waals surface area contributed by atoms with Gasteiger partial charge in [0, 0.05) is 37.3 Å². The third-order valence-corrected chi connectivity index (χ3v) is 2.63. The van der Waals surface area contributed by atoms with E-state index in [0.29, 0.717) is 6.42 Å². The zero-order valence-corrected chi connectivity index (χ0v) is 7.82. The molecule has 0 aliphatic carbocycles. The first-order chi connectivity index (χ1) is 6.18. The zero-order chi connectivity index (χ0) is 9.42. The molecule has 13 heavy (non-hydrogen) atoms. The lowest BCUT2D eigenvalue weighted by Gasteiger charge is -2.13. The Labute approximate surface area is 77.0 Å². The summed E-state index contributed by atoms with van der Waals surface area (Å²) in [6.07, 6.45) is 4.19. The second-order valence-electron chi connectivity index (χ2n) is 3.60. The highest BCUT2D eigenvalue weighted by Crippen LogP contribution is 2.27. The fourth-order valence-electron chi connectivity index (χ4n) is 1.88. The van der Waals surface area contributed by atoms with Crippen LogP contribution in [0.25, 0.3) is 0 Å². The van der Waals surface area contributed by atoms with Crippen LogP contribution in [-0.4, -0.2) is 21.5 Å². The van der Waals surface area contributed by atoms with E-state index >= 15 is 0 Å². The molecule has 1 aromatic heterocycles. The molecule has 1 fully saturated rings. The van der Waals surface area contributed by atoms with Crippen molar-refractivity contribution in [3.05, 3.63) is 18.2 Å². The van der Waals surface area contributed by atoms with Gasteiger partial charge in [0.1, 0.15) is 0 Å². The summed E-state index contributed by atoms with van der Waals surface area (Å²) in [5.41, 5.74) is 1.13. The number of aryl methyl sites for hydroxylation is 1. The molecule has 1 aromatic rings. The predicted octanol–water partition coefficient (Wildman–Crippen LogP) is 0.412. The Balaban J connectivity index is 2.27. The van der Waals surface area contributed by atoms with Crippen molar-refractivity contribution >= 4 is 5.91 Å². The summed E-state index contributed by atoms with van der Waals surface area (Å²) in [6, 6.07) is 0.225. The number of carbonyl (C=O) groups is 1. The molecule has 0 saturated carbocycles. The standard InChI is InChI=1S/C9H13N3O/c1-6-7(3-9(13)11-6)8-4-10-5-12(8)2/h4-7H,3H2,1-2H3,(H,11,13). The van der Waals surface area contributed by atoms with Crippen molar-refractivity contribution < 1.29 is 4.79 Å². The van der Waals surface area contributed by atoms with Gasteiger partial charge in [0.25, 0.3) is 0 Å². The number of hydrogen-bond acceptors (Lipinski definition) is 2. The van der Waals surface area contributed by atoms with Crippen molar-refractivity contribution in [2.75, 3.05) is 0 Å². The first kappa shape index (κ1) is 8.29. The van der Waals surface area contributed by atoms with Crippen LogP contribution < -0.4 is 5.32 Å². The molecule has 4 heteroatoms. The van der Waals surface area contributed by atoms with Gasteiger partial charge in [-0.2, -0.15) is 0 Å². The predicted molar refractivity (Wildman–Crippen MR) is 48.2 cm³/mol. The van der Waals surface area contributed by atoms with Crippen LogP contribution in [0.1, 0.15) is 25.0 Å². The van der Waals surface area contributed by atoms with Gasteiger partial charge in [0.2, 0.25) is 5.91 Å². The first-order valence-corrected chi connectivity index (χ1v) is 4.44. The van der Waals surface area contributed by atoms with Gasteiger partial charge >= 0.3 is 0 Å². The summed E-state index contributed by atoms with van der Waals surface area (Å²) in [6.45, 7) is 2.03. The van der Waals surface area contributed by atoms with E-state index in [9.17, 15) is 4.79 Å². The number of nitrogens with one attached hydrogen (secondary N) is 1. The summed E-state index contributed by atoms with van der Waals surface area (Å²) in [4.78, 5) is 15.2. The van der Waals surface area contributed by atoms with Gasteiger partial charge < -0.3 is 9.88 Å². The van der Waals surface area contributed by atoms with Crippen LogP contribution >= 0.6 is 0 Å². The highest BCUT2D eigenvalue weighted by atomic mass is 16.1. The number of hydrogen-bond donors (Lipinski definition) is 1. The molecule has 1 N–H and O–H groups in total. The molecular formula is C9H13N3O. The molecule has 1 amide bonds. The minimum atomic E-state index is 0.138. The average molecular weight is 179 g/mol. The third kappa shape index (κ3) is 1.32. The number of imidazole rings is 1. The average Bonchev–Trinajstić information content (AvgIpc) is 2.58. The van der Waals surface area contributed by atoms with Gasteiger partial charge in [0.15, 0.2) is 0 Å². The monoisotopic (exact) mass is 179 g/mol. The summed E-state index contributed by atoms with van der Waals surface area (Å²) < 4.78 is 1.97. The lowest BCUT2D eigenvalue weighted by molar-refractivity contribution is -0.119. The van der Waals surface area contributed by atoms with Crippen LogP contribution in [0, 0.1) is 0 Å². The lowest BCUT2D eigenvalue weighted by Crippen LogP contribution is -2.25. The molecule has 1 saturated heterocycles. The van der Waals surface area contributed by atoms with E-state index in [0.717, 1.165) is 5.69 Å². The SMILES string of the molecule is CC1NC(=O)CC1c1cncn1C. The quantitative estimate of drug-likeness (QED) is 0.678. The molecule has 0 aromatic carbocycles. The fraction of sp³-hybridized carbons (Fsp3) is 0.556. The van der Waals surface area contributed by atoms with E-state index in [4.69, 9.17) is 0 Å². The molecule has 2 rings (SSSR count). The number of amides is 1. The van der Waals surface area contributed by atoms with Gasteiger partial charge in [-0.15, -0.1) is 0 Å². The largest absolute Gasteiger partial charge is 0.353 e. The molecule has 2 atom stereocenters. The Morgan fingerprint density at radius 3 is 2.92 bits per heavy atom. The highest BCUT2D eigenvalue weighted by molar-refractivity contribution is 5.80. The molecule has 0 spiro atoms. The van der Waals surface area contributed by atoms with Crippen LogP contribution in [0.5, 0.6) is 0 Å². The smallest absolute Gasteiger partial charge is 0.220 e. The second-order valence-corrected chi connectivity index (χ2v) is 3.60. The Hall–Kier alpha value is -1.32. The van der Waals surface area contributed by atoms with E-state index in [2.05, 4.69) is 10.3 Å². The van der Waals surface area contributed by atoms with Gasteiger partial charge in [-0.05, 0) is 6.92 Å². The number of aromatic nitrogens is 2. The maximum atomic E-state index is 11.1. The van der Waals surface area contributed by atoms with Crippen LogP contribution in [0.2, 0.25) is 0 Å². The molecule has 0 radical (unpaired) electrons. The van der Waals surface area contributed by atoms with Crippen molar-refractivity contribution in [3.8, 4) is 0 Å². The van der Waals surface area contributed by atoms with Crippen LogP contribution in [0.3, 0.4) is 0 Å². The number of nitrogens with zero attached hydrogens (tertiary/aromatic N) is 2. The van der Waals surface area contributed by atoms with Crippen molar-refractivity contribution in [2.24, 2.45) is 7.05 Å². The van der Waals surface area contributed by atoms with Crippen LogP contribution in [0.15, 0.2) is 12.5 Å². The molecule has 2 heterocycles. The third-order valence-electron chi connectivity index (χ3n) is 2.63. The van der Waals surface area contributed by atoms with Crippen molar-refractivity contribution in [3.63, 3.8) is 0 Å². The summed E-state index contributed by atoms with van der Waals surface area (Å²) in [7, 11) is 1.96. The molecule has 1 aliphatic heterocycles. The molecular weight excluding hydrogens is 166 g/mol. The van der Waals surface area contributed by atoms with Crippen LogP contribution in [-0.2, 0) is 11.8 Å². The van der Waals surface area contributed by atoms with E-state index in [1.807, 2.05) is 24.7 Å². The maximum Gasteiger partial charge on any atom is 0.220 e. The van der Waals surface area contributed by atoms with Gasteiger partial charge in [-0.3, -0.25) is 4.79 Å². The molecule has 4 nitrogen and oxygen atoms in total. The Bertz CT molecular complexity index is 331. The molecule has 1 aliphatic rings. The highest BCUT2D eigenvalue weighted by Gasteiger charge is 2.31. The Morgan fingerprint density at radius 1 is 1.69 bits per heavy atom. The van der Waals surface area contributed by atoms with E-state index in [1.165, 1.54) is 0 Å². The van der Waals surface area contributed by atoms with Crippen molar-refractivity contribution in [2.45, 2.75) is 25.3 Å².